The van der Waals surface area contributed by atoms with E-state index < -0.39 is 24.9 Å². The lowest BCUT2D eigenvalue weighted by molar-refractivity contribution is 0.0922. The quantitative estimate of drug-likeness (QED) is 0.195. The highest BCUT2D eigenvalue weighted by Gasteiger charge is 2.40. The molecule has 1 atom stereocenters. The number of hydrogen-bond acceptors (Lipinski definition) is 3. The molecule has 1 aliphatic rings. The Bertz CT molecular complexity index is 1510. The highest BCUT2D eigenvalue weighted by Crippen LogP contribution is 2.55. The molecule has 190 valence electrons. The summed E-state index contributed by atoms with van der Waals surface area (Å²) in [6.07, 6.45) is 5.63. The Labute approximate surface area is 215 Å². The summed E-state index contributed by atoms with van der Waals surface area (Å²) in [5.74, 6) is -0.767. The molecule has 6 nitrogen and oxygen atoms in total. The second-order valence-electron chi connectivity index (χ2n) is 9.88. The number of ketones is 1. The van der Waals surface area contributed by atoms with Crippen molar-refractivity contribution in [3.63, 3.8) is 0 Å². The molecule has 0 aliphatic heterocycles. The van der Waals surface area contributed by atoms with Crippen molar-refractivity contribution in [2.45, 2.75) is 37.8 Å². The van der Waals surface area contributed by atoms with Gasteiger partial charge in [0.05, 0.1) is 5.56 Å². The summed E-state index contributed by atoms with van der Waals surface area (Å²) in [6.45, 7) is 0.518. The van der Waals surface area contributed by atoms with Crippen LogP contribution in [0.15, 0.2) is 78.9 Å². The maximum absolute atomic E-state index is 14.0. The predicted molar refractivity (Wildman–Crippen MR) is 146 cm³/mol. The Kier molecular flexibility index (Phi) is 7.25. The number of carbonyl (C=O) groups excluding carboxylic acids is 2. The lowest BCUT2D eigenvalue weighted by Crippen LogP contribution is -2.31. The SMILES string of the molecule is O=C(NCC1CCCCC1)c1cc2ccccc2cc1C(=O)C(c1cccc2ccccc12)P(=O)(O)O. The Morgan fingerprint density at radius 3 is 2.08 bits per heavy atom. The first-order chi connectivity index (χ1) is 17.8. The van der Waals surface area contributed by atoms with Crippen molar-refractivity contribution in [1.82, 2.24) is 5.32 Å². The molecule has 37 heavy (non-hydrogen) atoms. The highest BCUT2D eigenvalue weighted by atomic mass is 31.2. The van der Waals surface area contributed by atoms with E-state index >= 15 is 0 Å². The van der Waals surface area contributed by atoms with E-state index in [0.29, 0.717) is 17.8 Å². The fourth-order valence-electron chi connectivity index (χ4n) is 5.47. The molecule has 0 saturated heterocycles. The Balaban J connectivity index is 1.59. The maximum atomic E-state index is 14.0. The molecular formula is C30H30NO5P. The van der Waals surface area contributed by atoms with Crippen LogP contribution in [0.1, 0.15) is 64.0 Å². The molecule has 4 aromatic carbocycles. The summed E-state index contributed by atoms with van der Waals surface area (Å²) < 4.78 is 12.8. The van der Waals surface area contributed by atoms with Crippen LogP contribution in [-0.4, -0.2) is 28.0 Å². The number of rotatable bonds is 7. The summed E-state index contributed by atoms with van der Waals surface area (Å²) in [4.78, 5) is 48.3. The molecule has 0 radical (unpaired) electrons. The first kappa shape index (κ1) is 25.3. The fraction of sp³-hybridized carbons (Fsp3) is 0.267. The van der Waals surface area contributed by atoms with E-state index in [2.05, 4.69) is 5.32 Å². The minimum atomic E-state index is -4.95. The Morgan fingerprint density at radius 2 is 1.41 bits per heavy atom. The molecule has 1 saturated carbocycles. The van der Waals surface area contributed by atoms with Crippen molar-refractivity contribution in [2.75, 3.05) is 6.54 Å². The second kappa shape index (κ2) is 10.6. The topological polar surface area (TPSA) is 104 Å². The standard InChI is InChI=1S/C30H30NO5P/c32-28(29(37(34,35)36)25-16-8-14-21-11-6-7-15-24(21)25)26-17-22-12-4-5-13-23(22)18-27(26)30(33)31-19-20-9-2-1-3-10-20/h4-8,11-18,20,29H,1-3,9-10,19H2,(H,31,33)(H2,34,35,36). The number of Topliss-reactive ketones (excluding diaryl/α,β-unsaturated/α-hetero) is 1. The van der Waals surface area contributed by atoms with E-state index in [1.54, 1.807) is 36.4 Å². The zero-order valence-electron chi connectivity index (χ0n) is 20.5. The molecule has 4 aromatic rings. The first-order valence-corrected chi connectivity index (χ1v) is 14.4. The van der Waals surface area contributed by atoms with Crippen LogP contribution in [0.4, 0.5) is 0 Å². The number of carbonyl (C=O) groups is 2. The third-order valence-electron chi connectivity index (χ3n) is 7.37. The van der Waals surface area contributed by atoms with Crippen LogP contribution >= 0.6 is 7.60 Å². The molecule has 1 aliphatic carbocycles. The molecule has 0 spiro atoms. The predicted octanol–water partition coefficient (Wildman–Crippen LogP) is 6.40. The molecule has 1 fully saturated rings. The van der Waals surface area contributed by atoms with Gasteiger partial charge in [-0.15, -0.1) is 0 Å². The number of nitrogens with one attached hydrogen (secondary N) is 1. The minimum absolute atomic E-state index is 0.0149. The average molecular weight is 516 g/mol. The van der Waals surface area contributed by atoms with Crippen LogP contribution in [-0.2, 0) is 4.57 Å². The van der Waals surface area contributed by atoms with Gasteiger partial charge in [0.25, 0.3) is 5.91 Å². The second-order valence-corrected chi connectivity index (χ2v) is 11.6. The Hall–Kier alpha value is -3.31. The van der Waals surface area contributed by atoms with Gasteiger partial charge in [0.1, 0.15) is 5.66 Å². The summed E-state index contributed by atoms with van der Waals surface area (Å²) in [7, 11) is -4.95. The van der Waals surface area contributed by atoms with Crippen molar-refractivity contribution in [3.05, 3.63) is 95.6 Å². The van der Waals surface area contributed by atoms with Gasteiger partial charge in [-0.25, -0.2) is 0 Å². The summed E-state index contributed by atoms with van der Waals surface area (Å²) in [5, 5.41) is 5.85. The number of fused-ring (bicyclic) bond motifs is 2. The van der Waals surface area contributed by atoms with Gasteiger partial charge in [-0.1, -0.05) is 86.0 Å². The van der Waals surface area contributed by atoms with Crippen molar-refractivity contribution in [2.24, 2.45) is 5.92 Å². The minimum Gasteiger partial charge on any atom is -0.352 e. The number of benzene rings is 4. The van der Waals surface area contributed by atoms with Gasteiger partial charge in [-0.3, -0.25) is 14.2 Å². The lowest BCUT2D eigenvalue weighted by atomic mass is 9.89. The van der Waals surface area contributed by atoms with Crippen molar-refractivity contribution < 1.29 is 23.9 Å². The fourth-order valence-corrected chi connectivity index (χ4v) is 6.50. The van der Waals surface area contributed by atoms with Crippen LogP contribution in [0.3, 0.4) is 0 Å². The van der Waals surface area contributed by atoms with Crippen molar-refractivity contribution in [1.29, 1.82) is 0 Å². The number of hydrogen-bond donors (Lipinski definition) is 3. The van der Waals surface area contributed by atoms with Crippen LogP contribution in [0.25, 0.3) is 21.5 Å². The zero-order valence-corrected chi connectivity index (χ0v) is 21.4. The molecule has 3 N–H and O–H groups in total. The van der Waals surface area contributed by atoms with Crippen molar-refractivity contribution in [3.8, 4) is 0 Å². The van der Waals surface area contributed by atoms with Crippen LogP contribution < -0.4 is 5.32 Å². The van der Waals surface area contributed by atoms with Gasteiger partial charge in [0.15, 0.2) is 5.78 Å². The first-order valence-electron chi connectivity index (χ1n) is 12.7. The molecule has 0 heterocycles. The van der Waals surface area contributed by atoms with Gasteiger partial charge in [0.2, 0.25) is 0 Å². The van der Waals surface area contributed by atoms with E-state index in [4.69, 9.17) is 0 Å². The summed E-state index contributed by atoms with van der Waals surface area (Å²) >= 11 is 0. The van der Waals surface area contributed by atoms with Crippen LogP contribution in [0, 0.1) is 5.92 Å². The van der Waals surface area contributed by atoms with E-state index in [1.165, 1.54) is 6.42 Å². The molecule has 1 unspecified atom stereocenters. The molecular weight excluding hydrogens is 485 g/mol. The highest BCUT2D eigenvalue weighted by molar-refractivity contribution is 7.53. The maximum Gasteiger partial charge on any atom is 0.340 e. The van der Waals surface area contributed by atoms with Crippen LogP contribution in [0.5, 0.6) is 0 Å². The largest absolute Gasteiger partial charge is 0.352 e. The van der Waals surface area contributed by atoms with Gasteiger partial charge in [-0.05, 0) is 58.0 Å². The smallest absolute Gasteiger partial charge is 0.340 e. The summed E-state index contributed by atoms with van der Waals surface area (Å²) in [6, 6.07) is 22.9. The third-order valence-corrected chi connectivity index (χ3v) is 8.56. The third kappa shape index (κ3) is 5.37. The van der Waals surface area contributed by atoms with Gasteiger partial charge < -0.3 is 15.1 Å². The lowest BCUT2D eigenvalue weighted by Gasteiger charge is -2.23. The molecule has 0 aromatic heterocycles. The van der Waals surface area contributed by atoms with Gasteiger partial charge in [-0.2, -0.15) is 0 Å². The van der Waals surface area contributed by atoms with Gasteiger partial charge >= 0.3 is 7.60 Å². The molecule has 0 bridgehead atoms. The zero-order chi connectivity index (χ0) is 26.0. The van der Waals surface area contributed by atoms with E-state index in [9.17, 15) is 23.9 Å². The average Bonchev–Trinajstić information content (AvgIpc) is 2.91. The Morgan fingerprint density at radius 1 is 0.811 bits per heavy atom. The summed E-state index contributed by atoms with van der Waals surface area (Å²) in [5.41, 5.74) is -1.33. The van der Waals surface area contributed by atoms with Crippen molar-refractivity contribution >= 4 is 40.8 Å². The van der Waals surface area contributed by atoms with Crippen LogP contribution in [0.2, 0.25) is 0 Å². The molecule has 7 heteroatoms. The molecule has 1 amide bonds. The van der Waals surface area contributed by atoms with E-state index in [0.717, 1.165) is 41.8 Å². The van der Waals surface area contributed by atoms with E-state index in [-0.39, 0.29) is 16.7 Å². The van der Waals surface area contributed by atoms with Gasteiger partial charge in [0, 0.05) is 12.1 Å². The normalized spacial score (nSPS) is 15.5. The molecule has 5 rings (SSSR count). The number of amides is 1. The monoisotopic (exact) mass is 515 g/mol. The van der Waals surface area contributed by atoms with E-state index in [1.807, 2.05) is 42.5 Å².